The second kappa shape index (κ2) is 18.9. The van der Waals surface area contributed by atoms with Crippen molar-refractivity contribution in [3.63, 3.8) is 0 Å². The Labute approximate surface area is 309 Å². The van der Waals surface area contributed by atoms with Crippen molar-refractivity contribution in [2.45, 2.75) is 125 Å². The zero-order valence-electron chi connectivity index (χ0n) is 29.7. The molecule has 10 N–H and O–H groups in total. The molecule has 0 aromatic heterocycles. The quantitative estimate of drug-likeness (QED) is 0.0626. The highest BCUT2D eigenvalue weighted by Gasteiger charge is 2.52. The molecule has 21 heteroatoms. The monoisotopic (exact) mass is 780 g/mol. The highest BCUT2D eigenvalue weighted by atomic mass is 16.7. The Balaban J connectivity index is 1.26. The van der Waals surface area contributed by atoms with E-state index in [0.717, 1.165) is 0 Å². The molecular weight excluding hydrogens is 728 g/mol. The lowest BCUT2D eigenvalue weighted by Crippen LogP contribution is -2.65. The molecule has 1 aromatic rings. The second-order valence-electron chi connectivity index (χ2n) is 14.3. The Hall–Kier alpha value is -2.10. The largest absolute Gasteiger partial charge is 0.394 e. The normalized spacial score (nSPS) is 42.3. The van der Waals surface area contributed by atoms with Crippen LogP contribution in [0.4, 0.5) is 5.69 Å². The summed E-state index contributed by atoms with van der Waals surface area (Å²) in [7, 11) is 0. The number of benzene rings is 1. The molecule has 4 heterocycles. The fraction of sp³-hybridized carbons (Fsp3) is 0.818. The first kappa shape index (κ1) is 43.0. The fourth-order valence-corrected chi connectivity index (χ4v) is 7.07. The van der Waals surface area contributed by atoms with Crippen molar-refractivity contribution in [2.24, 2.45) is 5.92 Å². The number of hydrogen-bond donors (Lipinski definition) is 10. The Kier molecular flexibility index (Phi) is 15.1. The van der Waals surface area contributed by atoms with Gasteiger partial charge in [0.1, 0.15) is 73.2 Å². The van der Waals surface area contributed by atoms with Gasteiger partial charge < -0.3 is 84.2 Å². The number of rotatable bonds is 14. The van der Waals surface area contributed by atoms with E-state index in [4.69, 9.17) is 33.2 Å². The summed E-state index contributed by atoms with van der Waals surface area (Å²) < 4.78 is 40.5. The molecule has 17 unspecified atom stereocenters. The summed E-state index contributed by atoms with van der Waals surface area (Å²) in [6.45, 7) is 1.57. The van der Waals surface area contributed by atoms with Crippen molar-refractivity contribution in [3.8, 4) is 0 Å². The van der Waals surface area contributed by atoms with Gasteiger partial charge in [0.05, 0.1) is 43.6 Å². The van der Waals surface area contributed by atoms with Crippen LogP contribution in [0.15, 0.2) is 24.3 Å². The number of nitro groups is 1. The van der Waals surface area contributed by atoms with E-state index in [1.165, 1.54) is 12.1 Å². The van der Waals surface area contributed by atoms with E-state index in [2.05, 4.69) is 0 Å². The van der Waals surface area contributed by atoms with Crippen LogP contribution in [0.25, 0.3) is 0 Å². The Bertz CT molecular complexity index is 1350. The summed E-state index contributed by atoms with van der Waals surface area (Å²) in [5.74, 6) is -0.367. The van der Waals surface area contributed by atoms with Crippen LogP contribution in [0, 0.1) is 16.0 Å². The van der Waals surface area contributed by atoms with Crippen molar-refractivity contribution in [2.75, 3.05) is 39.5 Å². The van der Waals surface area contributed by atoms with Crippen molar-refractivity contribution < 1.29 is 89.1 Å². The lowest BCUT2D eigenvalue weighted by atomic mass is 9.89. The highest BCUT2D eigenvalue weighted by Crippen LogP contribution is 2.33. The molecule has 1 aromatic carbocycles. The average molecular weight is 781 g/mol. The molecule has 0 aliphatic carbocycles. The van der Waals surface area contributed by atoms with E-state index < -0.39 is 136 Å². The van der Waals surface area contributed by atoms with Gasteiger partial charge in [0.25, 0.3) is 5.69 Å². The van der Waals surface area contributed by atoms with E-state index in [1.54, 1.807) is 26.0 Å². The van der Waals surface area contributed by atoms with Gasteiger partial charge in [0.15, 0.2) is 18.9 Å². The Morgan fingerprint density at radius 2 is 1.41 bits per heavy atom. The Morgan fingerprint density at radius 1 is 0.759 bits per heavy atom. The van der Waals surface area contributed by atoms with Crippen molar-refractivity contribution in [1.29, 1.82) is 0 Å². The maximum Gasteiger partial charge on any atom is 0.269 e. The number of aliphatic hydroxyl groups is 10. The summed E-state index contributed by atoms with van der Waals surface area (Å²) in [5.41, 5.74) is 0.516. The van der Waals surface area contributed by atoms with E-state index in [0.29, 0.717) is 5.56 Å². The molecule has 0 bridgehead atoms. The van der Waals surface area contributed by atoms with Gasteiger partial charge in [-0.15, -0.1) is 0 Å². The van der Waals surface area contributed by atoms with Gasteiger partial charge in [-0.2, -0.15) is 0 Å². The molecule has 21 nitrogen and oxygen atoms in total. The lowest BCUT2D eigenvalue weighted by Gasteiger charge is -2.48. The third kappa shape index (κ3) is 9.70. The summed E-state index contributed by atoms with van der Waals surface area (Å²) >= 11 is 0. The number of nitro benzene ring substituents is 1. The lowest BCUT2D eigenvalue weighted by molar-refractivity contribution is -0.384. The van der Waals surface area contributed by atoms with Crippen LogP contribution >= 0.6 is 0 Å². The predicted molar refractivity (Wildman–Crippen MR) is 177 cm³/mol. The number of ether oxygens (including phenoxy) is 7. The molecule has 0 amide bonds. The highest BCUT2D eigenvalue weighted by molar-refractivity contribution is 5.34. The number of non-ortho nitro benzene ring substituents is 1. The van der Waals surface area contributed by atoms with Crippen LogP contribution in [-0.4, -0.2) is 205 Å². The molecule has 5 rings (SSSR count). The number of nitrogens with zero attached hydrogens (tertiary/aromatic N) is 2. The van der Waals surface area contributed by atoms with E-state index >= 15 is 0 Å². The zero-order chi connectivity index (χ0) is 39.4. The molecule has 0 radical (unpaired) electrons. The van der Waals surface area contributed by atoms with Gasteiger partial charge in [0, 0.05) is 31.8 Å². The van der Waals surface area contributed by atoms with Gasteiger partial charge >= 0.3 is 0 Å². The standard InChI is InChI=1S/C33H52N2O19/c1-14(2)29-27(44)30(54-33-26(43)25(42)22(39)18(11-37)52-33)24(41)20(50-29)13-48-32-28(45)31(23(40)19(12-38)51-32)53-21-9-34(8-17(10-36)49-21)7-15-4-3-5-16(6-15)35(46)47/h3-6,14,17-33,36-45H,7-13H2,1-2H3. The maximum atomic E-state index is 11.3. The summed E-state index contributed by atoms with van der Waals surface area (Å²) in [6, 6.07) is 6.02. The number of hydrogen-bond acceptors (Lipinski definition) is 20. The van der Waals surface area contributed by atoms with Crippen molar-refractivity contribution in [3.05, 3.63) is 39.9 Å². The molecule has 0 saturated carbocycles. The first-order valence-electron chi connectivity index (χ1n) is 17.8. The fourth-order valence-electron chi connectivity index (χ4n) is 7.07. The third-order valence-electron chi connectivity index (χ3n) is 10.0. The summed E-state index contributed by atoms with van der Waals surface area (Å²) in [5, 5.41) is 116. The smallest absolute Gasteiger partial charge is 0.269 e. The molecule has 4 saturated heterocycles. The van der Waals surface area contributed by atoms with Crippen LogP contribution < -0.4 is 0 Å². The number of morpholine rings is 1. The first-order chi connectivity index (χ1) is 25.7. The van der Waals surface area contributed by atoms with Gasteiger partial charge in [0.2, 0.25) is 0 Å². The predicted octanol–water partition coefficient (Wildman–Crippen LogP) is -4.71. The molecule has 54 heavy (non-hydrogen) atoms. The molecule has 17 atom stereocenters. The van der Waals surface area contributed by atoms with E-state index in [9.17, 15) is 61.2 Å². The minimum Gasteiger partial charge on any atom is -0.394 e. The Morgan fingerprint density at radius 3 is 2.06 bits per heavy atom. The molecule has 4 aliphatic heterocycles. The molecule has 0 spiro atoms. The maximum absolute atomic E-state index is 11.3. The number of aliphatic hydroxyl groups excluding tert-OH is 10. The van der Waals surface area contributed by atoms with Crippen LogP contribution in [0.3, 0.4) is 0 Å². The van der Waals surface area contributed by atoms with Crippen molar-refractivity contribution >= 4 is 5.69 Å². The van der Waals surface area contributed by atoms with E-state index in [1.807, 2.05) is 4.90 Å². The molecular formula is C33H52N2O19. The minimum absolute atomic E-state index is 0.0577. The van der Waals surface area contributed by atoms with Crippen LogP contribution in [0.5, 0.6) is 0 Å². The van der Waals surface area contributed by atoms with Crippen molar-refractivity contribution in [1.82, 2.24) is 4.90 Å². The second-order valence-corrected chi connectivity index (χ2v) is 14.3. The first-order valence-corrected chi connectivity index (χ1v) is 17.8. The van der Waals surface area contributed by atoms with Gasteiger partial charge in [-0.1, -0.05) is 26.0 Å². The van der Waals surface area contributed by atoms with Gasteiger partial charge in [-0.05, 0) is 11.5 Å². The van der Waals surface area contributed by atoms with Gasteiger partial charge in [-0.3, -0.25) is 15.0 Å². The van der Waals surface area contributed by atoms with E-state index in [-0.39, 0.29) is 31.2 Å². The SMILES string of the molecule is CC(C)C1OC(COC2OC(CO)C(O)C(OC3CN(Cc4cccc([N+](=O)[O-])c4)CC(CO)O3)C2O)C(O)C(OC2OC(CO)C(O)C(O)C2O)C1O. The average Bonchev–Trinajstić information content (AvgIpc) is 3.15. The summed E-state index contributed by atoms with van der Waals surface area (Å²) in [6.07, 6.45) is -24.9. The third-order valence-corrected chi connectivity index (χ3v) is 10.0. The van der Waals surface area contributed by atoms with Gasteiger partial charge in [-0.25, -0.2) is 0 Å². The van der Waals surface area contributed by atoms with Crippen LogP contribution in [0.2, 0.25) is 0 Å². The molecule has 4 aliphatic rings. The minimum atomic E-state index is -1.82. The van der Waals surface area contributed by atoms with Crippen LogP contribution in [-0.2, 0) is 39.7 Å². The molecule has 4 fully saturated rings. The summed E-state index contributed by atoms with van der Waals surface area (Å²) in [4.78, 5) is 12.6. The van der Waals surface area contributed by atoms with Crippen LogP contribution in [0.1, 0.15) is 19.4 Å². The molecule has 308 valence electrons. The zero-order valence-corrected chi connectivity index (χ0v) is 29.7. The topological polar surface area (TPSA) is 313 Å².